The third-order valence-corrected chi connectivity index (χ3v) is 3.20. The van der Waals surface area contributed by atoms with E-state index in [9.17, 15) is 9.59 Å². The Morgan fingerprint density at radius 1 is 0.917 bits per heavy atom. The lowest BCUT2D eigenvalue weighted by Gasteiger charge is -2.16. The molecule has 0 bridgehead atoms. The molecule has 0 saturated carbocycles. The van der Waals surface area contributed by atoms with Crippen molar-refractivity contribution in [3.63, 3.8) is 0 Å². The molecule has 0 heterocycles. The van der Waals surface area contributed by atoms with Crippen LogP contribution >= 0.6 is 0 Å². The summed E-state index contributed by atoms with van der Waals surface area (Å²) >= 11 is 0. The number of benzene rings is 2. The average molecular weight is 327 g/mol. The van der Waals surface area contributed by atoms with Crippen molar-refractivity contribution in [1.82, 2.24) is 5.32 Å². The number of aliphatic carboxylic acids is 2. The van der Waals surface area contributed by atoms with Crippen LogP contribution in [0.5, 0.6) is 0 Å². The zero-order valence-electron chi connectivity index (χ0n) is 13.4. The van der Waals surface area contributed by atoms with E-state index in [0.717, 1.165) is 6.42 Å². The first-order valence-electron chi connectivity index (χ1n) is 7.43. The summed E-state index contributed by atoms with van der Waals surface area (Å²) in [5.74, 6) is -2.51. The molecule has 2 rings (SSSR count). The molecule has 0 aliphatic carbocycles. The van der Waals surface area contributed by atoms with Crippen molar-refractivity contribution in [2.45, 2.75) is 12.5 Å². The van der Waals surface area contributed by atoms with Gasteiger partial charge in [-0.15, -0.1) is 0 Å². The molecule has 0 aromatic heterocycles. The lowest BCUT2D eigenvalue weighted by Crippen LogP contribution is -2.18. The zero-order valence-corrected chi connectivity index (χ0v) is 13.4. The number of likely N-dealkylation sites (N-methyl/N-ethyl adjacent to an activating group) is 1. The topological polar surface area (TPSA) is 86.6 Å². The van der Waals surface area contributed by atoms with Gasteiger partial charge in [0.25, 0.3) is 0 Å². The van der Waals surface area contributed by atoms with Crippen LogP contribution in [0.3, 0.4) is 0 Å². The van der Waals surface area contributed by atoms with Crippen LogP contribution in [-0.4, -0.2) is 29.2 Å². The molecule has 0 radical (unpaired) electrons. The van der Waals surface area contributed by atoms with E-state index in [4.69, 9.17) is 10.2 Å². The molecule has 2 aromatic carbocycles. The van der Waals surface area contributed by atoms with Crippen molar-refractivity contribution >= 4 is 11.9 Å². The van der Waals surface area contributed by atoms with Crippen molar-refractivity contribution in [2.75, 3.05) is 7.05 Å². The summed E-state index contributed by atoms with van der Waals surface area (Å²) < 4.78 is 0. The third kappa shape index (κ3) is 7.91. The first kappa shape index (κ1) is 19.1. The molecule has 3 N–H and O–H groups in total. The minimum atomic E-state index is -1.26. The highest BCUT2D eigenvalue weighted by Gasteiger charge is 2.08. The maximum Gasteiger partial charge on any atom is 0.328 e. The summed E-state index contributed by atoms with van der Waals surface area (Å²) in [6.07, 6.45) is 2.14. The monoisotopic (exact) mass is 327 g/mol. The summed E-state index contributed by atoms with van der Waals surface area (Å²) in [7, 11) is 2.01. The van der Waals surface area contributed by atoms with Gasteiger partial charge in [-0.25, -0.2) is 9.59 Å². The predicted octanol–water partition coefficient (Wildman–Crippen LogP) is 2.90. The molecule has 5 heteroatoms. The molecule has 0 aliphatic heterocycles. The summed E-state index contributed by atoms with van der Waals surface area (Å²) in [5.41, 5.74) is 2.71. The van der Waals surface area contributed by atoms with Gasteiger partial charge in [-0.2, -0.15) is 0 Å². The molecule has 0 aliphatic rings. The molecule has 0 spiro atoms. The maximum absolute atomic E-state index is 9.55. The largest absolute Gasteiger partial charge is 0.478 e. The standard InChI is InChI=1S/C15H17N.C4H4O4/c1-16-15(14-10-6-3-7-11-14)12-13-8-4-2-5-9-13;5-3(6)1-2-4(7)8/h2-11,15-16H,12H2,1H3;1-2H,(H,5,6)(H,7,8). The molecule has 126 valence electrons. The Kier molecular flexibility index (Phi) is 8.57. The van der Waals surface area contributed by atoms with Crippen molar-refractivity contribution in [2.24, 2.45) is 0 Å². The second-order valence-corrected chi connectivity index (χ2v) is 4.95. The summed E-state index contributed by atoms with van der Waals surface area (Å²) in [6.45, 7) is 0. The number of hydrogen-bond donors (Lipinski definition) is 3. The minimum Gasteiger partial charge on any atom is -0.478 e. The van der Waals surface area contributed by atoms with E-state index in [0.29, 0.717) is 18.2 Å². The van der Waals surface area contributed by atoms with E-state index < -0.39 is 11.9 Å². The van der Waals surface area contributed by atoms with E-state index in [1.165, 1.54) is 11.1 Å². The van der Waals surface area contributed by atoms with Gasteiger partial charge in [-0.3, -0.25) is 0 Å². The highest BCUT2D eigenvalue weighted by molar-refractivity contribution is 5.89. The second kappa shape index (κ2) is 10.7. The quantitative estimate of drug-likeness (QED) is 0.710. The Labute approximate surface area is 141 Å². The Bertz CT molecular complexity index is 638. The third-order valence-electron chi connectivity index (χ3n) is 3.20. The maximum atomic E-state index is 9.55. The average Bonchev–Trinajstić information content (AvgIpc) is 2.60. The first-order valence-corrected chi connectivity index (χ1v) is 7.43. The van der Waals surface area contributed by atoms with Gasteiger partial charge in [-0.1, -0.05) is 60.7 Å². The number of nitrogens with one attached hydrogen (secondary N) is 1. The number of carboxylic acids is 2. The van der Waals surface area contributed by atoms with Crippen LogP contribution in [0.2, 0.25) is 0 Å². The van der Waals surface area contributed by atoms with Crippen LogP contribution in [0, 0.1) is 0 Å². The number of carboxylic acid groups (broad SMARTS) is 2. The normalized spacial score (nSPS) is 11.4. The van der Waals surface area contributed by atoms with Crippen LogP contribution in [-0.2, 0) is 16.0 Å². The van der Waals surface area contributed by atoms with Crippen molar-refractivity contribution in [1.29, 1.82) is 0 Å². The SMILES string of the molecule is CNC(Cc1ccccc1)c1ccccc1.O=C(O)C=CC(=O)O. The van der Waals surface area contributed by atoms with Gasteiger partial charge < -0.3 is 15.5 Å². The minimum absolute atomic E-state index is 0.392. The highest BCUT2D eigenvalue weighted by atomic mass is 16.4. The fourth-order valence-electron chi connectivity index (χ4n) is 2.06. The molecule has 0 amide bonds. The Morgan fingerprint density at radius 3 is 1.79 bits per heavy atom. The van der Waals surface area contributed by atoms with Gasteiger partial charge in [0, 0.05) is 18.2 Å². The van der Waals surface area contributed by atoms with E-state index in [1.807, 2.05) is 7.05 Å². The first-order chi connectivity index (χ1) is 11.5. The van der Waals surface area contributed by atoms with Gasteiger partial charge in [0.05, 0.1) is 0 Å². The van der Waals surface area contributed by atoms with Crippen molar-refractivity contribution in [3.8, 4) is 0 Å². The molecule has 1 atom stereocenters. The molecule has 0 fully saturated rings. The molecule has 5 nitrogen and oxygen atoms in total. The van der Waals surface area contributed by atoms with Crippen LogP contribution < -0.4 is 5.32 Å². The summed E-state index contributed by atoms with van der Waals surface area (Å²) in [6, 6.07) is 21.5. The lowest BCUT2D eigenvalue weighted by atomic mass is 9.99. The fourth-order valence-corrected chi connectivity index (χ4v) is 2.06. The Balaban J connectivity index is 0.000000307. The van der Waals surface area contributed by atoms with E-state index >= 15 is 0 Å². The van der Waals surface area contributed by atoms with Crippen molar-refractivity contribution in [3.05, 3.63) is 83.9 Å². The molecular weight excluding hydrogens is 306 g/mol. The van der Waals surface area contributed by atoms with Gasteiger partial charge in [-0.05, 0) is 24.6 Å². The van der Waals surface area contributed by atoms with Gasteiger partial charge >= 0.3 is 11.9 Å². The van der Waals surface area contributed by atoms with E-state index in [2.05, 4.69) is 66.0 Å². The fraction of sp³-hybridized carbons (Fsp3) is 0.158. The smallest absolute Gasteiger partial charge is 0.328 e. The lowest BCUT2D eigenvalue weighted by molar-refractivity contribution is -0.134. The zero-order chi connectivity index (χ0) is 17.8. The highest BCUT2D eigenvalue weighted by Crippen LogP contribution is 2.17. The predicted molar refractivity (Wildman–Crippen MR) is 92.8 cm³/mol. The van der Waals surface area contributed by atoms with Gasteiger partial charge in [0.2, 0.25) is 0 Å². The van der Waals surface area contributed by atoms with Crippen LogP contribution in [0.25, 0.3) is 0 Å². The second-order valence-electron chi connectivity index (χ2n) is 4.95. The molecule has 24 heavy (non-hydrogen) atoms. The molecule has 1 unspecified atom stereocenters. The number of rotatable bonds is 6. The Morgan fingerprint density at radius 2 is 1.38 bits per heavy atom. The summed E-state index contributed by atoms with van der Waals surface area (Å²) in [5, 5.41) is 19.0. The number of hydrogen-bond acceptors (Lipinski definition) is 3. The van der Waals surface area contributed by atoms with Gasteiger partial charge in [0.1, 0.15) is 0 Å². The van der Waals surface area contributed by atoms with Gasteiger partial charge in [0.15, 0.2) is 0 Å². The Hall–Kier alpha value is -2.92. The van der Waals surface area contributed by atoms with E-state index in [1.54, 1.807) is 0 Å². The molecule has 2 aromatic rings. The van der Waals surface area contributed by atoms with Crippen LogP contribution in [0.1, 0.15) is 17.2 Å². The van der Waals surface area contributed by atoms with Crippen LogP contribution in [0.15, 0.2) is 72.8 Å². The van der Waals surface area contributed by atoms with Crippen LogP contribution in [0.4, 0.5) is 0 Å². The molecule has 0 saturated heterocycles. The molecular formula is C19H21NO4. The number of carbonyl (C=O) groups is 2. The summed E-state index contributed by atoms with van der Waals surface area (Å²) in [4.78, 5) is 19.1. The van der Waals surface area contributed by atoms with E-state index in [-0.39, 0.29) is 0 Å². The van der Waals surface area contributed by atoms with Crippen molar-refractivity contribution < 1.29 is 19.8 Å².